The Hall–Kier alpha value is -2.38. The van der Waals surface area contributed by atoms with Crippen LogP contribution in [0.1, 0.15) is 18.9 Å². The Balaban J connectivity index is 1.75. The monoisotopic (exact) mass is 372 g/mol. The lowest BCUT2D eigenvalue weighted by Gasteiger charge is -2.42. The molecule has 7 heteroatoms. The van der Waals surface area contributed by atoms with Crippen molar-refractivity contribution < 1.29 is 14.6 Å². The van der Waals surface area contributed by atoms with Crippen molar-refractivity contribution in [2.24, 2.45) is 0 Å². The number of anilines is 1. The van der Waals surface area contributed by atoms with Crippen LogP contribution in [0.4, 0.5) is 5.82 Å². The predicted octanol–water partition coefficient (Wildman–Crippen LogP) is 1.96. The zero-order valence-corrected chi connectivity index (χ0v) is 16.0. The molecule has 0 radical (unpaired) electrons. The van der Waals surface area contributed by atoms with Crippen LogP contribution in [0, 0.1) is 0 Å². The molecule has 1 aliphatic rings. The highest BCUT2D eigenvalue weighted by Gasteiger charge is 2.29. The van der Waals surface area contributed by atoms with Crippen LogP contribution < -0.4 is 14.4 Å². The van der Waals surface area contributed by atoms with Crippen LogP contribution in [-0.4, -0.2) is 66.0 Å². The number of para-hydroxylation sites is 1. The van der Waals surface area contributed by atoms with Crippen LogP contribution in [0.3, 0.4) is 0 Å². The molecule has 1 atom stereocenters. The lowest BCUT2D eigenvalue weighted by Crippen LogP contribution is -2.53. The van der Waals surface area contributed by atoms with E-state index in [4.69, 9.17) is 9.47 Å². The second-order valence-corrected chi connectivity index (χ2v) is 6.51. The molecule has 0 unspecified atom stereocenters. The molecule has 0 spiro atoms. The SMILES string of the molecule is CCOc1ccccc1CN1CCN(c2nccnc2OC)C[C@H]1CCO. The van der Waals surface area contributed by atoms with Crippen LogP contribution >= 0.6 is 0 Å². The zero-order chi connectivity index (χ0) is 19.1. The van der Waals surface area contributed by atoms with Crippen molar-refractivity contribution in [1.82, 2.24) is 14.9 Å². The van der Waals surface area contributed by atoms with Crippen LogP contribution in [-0.2, 0) is 6.54 Å². The highest BCUT2D eigenvalue weighted by Crippen LogP contribution is 2.28. The molecule has 0 aliphatic carbocycles. The first-order valence-corrected chi connectivity index (χ1v) is 9.42. The second kappa shape index (κ2) is 9.53. The Labute approximate surface area is 160 Å². The van der Waals surface area contributed by atoms with Gasteiger partial charge in [0.2, 0.25) is 0 Å². The second-order valence-electron chi connectivity index (χ2n) is 6.51. The van der Waals surface area contributed by atoms with Gasteiger partial charge in [0.25, 0.3) is 5.88 Å². The molecule has 1 aromatic carbocycles. The summed E-state index contributed by atoms with van der Waals surface area (Å²) in [6.45, 7) is 6.06. The predicted molar refractivity (Wildman–Crippen MR) is 104 cm³/mol. The van der Waals surface area contributed by atoms with Crippen molar-refractivity contribution in [3.8, 4) is 11.6 Å². The Bertz CT molecular complexity index is 728. The number of aliphatic hydroxyl groups is 1. The fourth-order valence-corrected chi connectivity index (χ4v) is 3.54. The summed E-state index contributed by atoms with van der Waals surface area (Å²) in [6, 6.07) is 8.38. The van der Waals surface area contributed by atoms with Crippen molar-refractivity contribution in [1.29, 1.82) is 0 Å². The van der Waals surface area contributed by atoms with E-state index in [0.29, 0.717) is 18.9 Å². The molecule has 0 bridgehead atoms. The van der Waals surface area contributed by atoms with Gasteiger partial charge >= 0.3 is 0 Å². The summed E-state index contributed by atoms with van der Waals surface area (Å²) in [5, 5.41) is 9.58. The van der Waals surface area contributed by atoms with Gasteiger partial charge in [0.15, 0.2) is 5.82 Å². The lowest BCUT2D eigenvalue weighted by atomic mass is 10.1. The fraction of sp³-hybridized carbons (Fsp3) is 0.500. The Morgan fingerprint density at radius 2 is 2.00 bits per heavy atom. The maximum Gasteiger partial charge on any atom is 0.257 e. The van der Waals surface area contributed by atoms with Gasteiger partial charge in [-0.05, 0) is 19.4 Å². The van der Waals surface area contributed by atoms with Crippen LogP contribution in [0.15, 0.2) is 36.7 Å². The van der Waals surface area contributed by atoms with E-state index in [2.05, 4.69) is 25.8 Å². The smallest absolute Gasteiger partial charge is 0.257 e. The van der Waals surface area contributed by atoms with Gasteiger partial charge in [0.1, 0.15) is 5.75 Å². The first-order valence-electron chi connectivity index (χ1n) is 9.42. The number of piperazine rings is 1. The average Bonchev–Trinajstić information content (AvgIpc) is 2.71. The third-order valence-corrected chi connectivity index (χ3v) is 4.85. The van der Waals surface area contributed by atoms with E-state index in [1.54, 1.807) is 19.5 Å². The molecule has 3 rings (SSSR count). The van der Waals surface area contributed by atoms with Gasteiger partial charge in [-0.3, -0.25) is 4.90 Å². The molecular weight excluding hydrogens is 344 g/mol. The Morgan fingerprint density at radius 3 is 2.78 bits per heavy atom. The number of hydrogen-bond acceptors (Lipinski definition) is 7. The molecule has 27 heavy (non-hydrogen) atoms. The van der Waals surface area contributed by atoms with Crippen LogP contribution in [0.2, 0.25) is 0 Å². The molecule has 146 valence electrons. The van der Waals surface area contributed by atoms with Gasteiger partial charge in [-0.25, -0.2) is 9.97 Å². The van der Waals surface area contributed by atoms with Crippen molar-refractivity contribution in [2.75, 3.05) is 44.9 Å². The first kappa shape index (κ1) is 19.4. The maximum absolute atomic E-state index is 9.58. The van der Waals surface area contributed by atoms with Gasteiger partial charge < -0.3 is 19.5 Å². The number of methoxy groups -OCH3 is 1. The standard InChI is InChI=1S/C20H28N4O3/c1-3-27-18-7-5-4-6-16(18)14-23-11-12-24(15-17(23)8-13-25)19-20(26-2)22-10-9-21-19/h4-7,9-10,17,25H,3,8,11-15H2,1-2H3/t17-/m1/s1. The molecule has 0 amide bonds. The van der Waals surface area contributed by atoms with E-state index in [-0.39, 0.29) is 12.6 Å². The summed E-state index contributed by atoms with van der Waals surface area (Å²) in [7, 11) is 1.61. The number of aliphatic hydroxyl groups excluding tert-OH is 1. The molecule has 1 saturated heterocycles. The van der Waals surface area contributed by atoms with Gasteiger partial charge in [-0.2, -0.15) is 0 Å². The van der Waals surface area contributed by atoms with Crippen LogP contribution in [0.25, 0.3) is 0 Å². The number of benzene rings is 1. The number of ether oxygens (including phenoxy) is 2. The number of aromatic nitrogens is 2. The maximum atomic E-state index is 9.58. The average molecular weight is 372 g/mol. The quantitative estimate of drug-likeness (QED) is 0.759. The third kappa shape index (κ3) is 4.67. The van der Waals surface area contributed by atoms with Crippen molar-refractivity contribution in [2.45, 2.75) is 25.9 Å². The van der Waals surface area contributed by atoms with Crippen molar-refractivity contribution >= 4 is 5.82 Å². The van der Waals surface area contributed by atoms with Gasteiger partial charge in [0, 0.05) is 56.8 Å². The summed E-state index contributed by atoms with van der Waals surface area (Å²) < 4.78 is 11.1. The number of hydrogen-bond donors (Lipinski definition) is 1. The number of nitrogens with zero attached hydrogens (tertiary/aromatic N) is 4. The van der Waals surface area contributed by atoms with Crippen molar-refractivity contribution in [3.63, 3.8) is 0 Å². The van der Waals surface area contributed by atoms with Crippen LogP contribution in [0.5, 0.6) is 11.6 Å². The first-order chi connectivity index (χ1) is 13.3. The molecule has 2 aromatic rings. The Morgan fingerprint density at radius 1 is 1.19 bits per heavy atom. The van der Waals surface area contributed by atoms with Gasteiger partial charge in [-0.1, -0.05) is 18.2 Å². The molecule has 7 nitrogen and oxygen atoms in total. The topological polar surface area (TPSA) is 71.0 Å². The van der Waals surface area contributed by atoms with E-state index in [0.717, 1.165) is 37.7 Å². The molecule has 1 N–H and O–H groups in total. The van der Waals surface area contributed by atoms with Crippen molar-refractivity contribution in [3.05, 3.63) is 42.2 Å². The minimum atomic E-state index is 0.152. The Kier molecular flexibility index (Phi) is 6.84. The van der Waals surface area contributed by atoms with E-state index in [9.17, 15) is 5.11 Å². The summed E-state index contributed by atoms with van der Waals surface area (Å²) in [4.78, 5) is 13.3. The molecular formula is C20H28N4O3. The minimum absolute atomic E-state index is 0.152. The molecule has 1 aliphatic heterocycles. The van der Waals surface area contributed by atoms with E-state index < -0.39 is 0 Å². The summed E-state index contributed by atoms with van der Waals surface area (Å²) in [5.41, 5.74) is 1.17. The normalized spacial score (nSPS) is 17.7. The van der Waals surface area contributed by atoms with E-state index in [1.165, 1.54) is 5.56 Å². The number of rotatable bonds is 8. The van der Waals surface area contributed by atoms with E-state index >= 15 is 0 Å². The zero-order valence-electron chi connectivity index (χ0n) is 16.0. The lowest BCUT2D eigenvalue weighted by molar-refractivity contribution is 0.133. The summed E-state index contributed by atoms with van der Waals surface area (Å²) in [5.74, 6) is 2.23. The molecule has 0 saturated carbocycles. The summed E-state index contributed by atoms with van der Waals surface area (Å²) in [6.07, 6.45) is 4.02. The van der Waals surface area contributed by atoms with Gasteiger partial charge in [0.05, 0.1) is 13.7 Å². The highest BCUT2D eigenvalue weighted by molar-refractivity contribution is 5.48. The minimum Gasteiger partial charge on any atom is -0.494 e. The molecule has 1 aromatic heterocycles. The largest absolute Gasteiger partial charge is 0.494 e. The summed E-state index contributed by atoms with van der Waals surface area (Å²) >= 11 is 0. The van der Waals surface area contributed by atoms with E-state index in [1.807, 2.05) is 25.1 Å². The highest BCUT2D eigenvalue weighted by atomic mass is 16.5. The fourth-order valence-electron chi connectivity index (χ4n) is 3.54. The molecule has 1 fully saturated rings. The molecule has 2 heterocycles. The third-order valence-electron chi connectivity index (χ3n) is 4.85. The van der Waals surface area contributed by atoms with Gasteiger partial charge in [-0.15, -0.1) is 0 Å².